The second kappa shape index (κ2) is 5.21. The van der Waals surface area contributed by atoms with Gasteiger partial charge in [-0.3, -0.25) is 0 Å². The molecule has 1 atom stereocenters. The summed E-state index contributed by atoms with van der Waals surface area (Å²) in [7, 11) is 0. The molecule has 1 nitrogen and oxygen atoms in total. The summed E-state index contributed by atoms with van der Waals surface area (Å²) in [5, 5.41) is 0. The van der Waals surface area contributed by atoms with E-state index in [1.165, 1.54) is 12.1 Å². The lowest BCUT2D eigenvalue weighted by Crippen LogP contribution is -2.13. The van der Waals surface area contributed by atoms with Crippen LogP contribution < -0.4 is 5.73 Å². The van der Waals surface area contributed by atoms with Crippen molar-refractivity contribution in [1.82, 2.24) is 0 Å². The molecule has 0 saturated heterocycles. The van der Waals surface area contributed by atoms with Crippen molar-refractivity contribution >= 4 is 15.9 Å². The summed E-state index contributed by atoms with van der Waals surface area (Å²) in [5.74, 6) is -0.252. The number of rotatable bonds is 2. The molecule has 0 radical (unpaired) electrons. The number of hydrogen-bond donors (Lipinski definition) is 1. The summed E-state index contributed by atoms with van der Waals surface area (Å²) in [6.45, 7) is 3.96. The fourth-order valence-electron chi connectivity index (χ4n) is 2.07. The Labute approximate surface area is 115 Å². The Morgan fingerprint density at radius 2 is 1.83 bits per heavy atom. The van der Waals surface area contributed by atoms with Crippen molar-refractivity contribution in [2.75, 3.05) is 0 Å². The number of benzene rings is 2. The van der Waals surface area contributed by atoms with Gasteiger partial charge in [0.15, 0.2) is 0 Å². The predicted octanol–water partition coefficient (Wildman–Crippen LogP) is 4.25. The summed E-state index contributed by atoms with van der Waals surface area (Å²) < 4.78 is 14.3. The highest BCUT2D eigenvalue weighted by molar-refractivity contribution is 9.10. The van der Waals surface area contributed by atoms with E-state index < -0.39 is 0 Å². The Morgan fingerprint density at radius 3 is 2.50 bits per heavy atom. The van der Waals surface area contributed by atoms with Gasteiger partial charge in [-0.25, -0.2) is 4.39 Å². The molecule has 0 aromatic heterocycles. The van der Waals surface area contributed by atoms with Crippen molar-refractivity contribution in [2.24, 2.45) is 5.73 Å². The Bertz CT molecular complexity index is 560. The highest BCUT2D eigenvalue weighted by Gasteiger charge is 2.13. The number of aryl methyl sites for hydroxylation is 2. The molecule has 2 aromatic rings. The lowest BCUT2D eigenvalue weighted by atomic mass is 9.95. The molecule has 3 heteroatoms. The molecule has 0 amide bonds. The molecule has 0 bridgehead atoms. The molecule has 0 fully saturated rings. The van der Waals surface area contributed by atoms with Crippen molar-refractivity contribution in [3.05, 3.63) is 68.9 Å². The highest BCUT2D eigenvalue weighted by Crippen LogP contribution is 2.26. The molecule has 18 heavy (non-hydrogen) atoms. The quantitative estimate of drug-likeness (QED) is 0.881. The van der Waals surface area contributed by atoms with Crippen LogP contribution in [-0.2, 0) is 0 Å². The maximum Gasteiger partial charge on any atom is 0.123 e. The lowest BCUT2D eigenvalue weighted by Gasteiger charge is -2.16. The molecule has 0 spiro atoms. The molecular formula is C15H15BrFN. The summed E-state index contributed by atoms with van der Waals surface area (Å²) in [5.41, 5.74) is 10.2. The zero-order valence-electron chi connectivity index (χ0n) is 10.4. The van der Waals surface area contributed by atoms with E-state index in [4.69, 9.17) is 5.73 Å². The third kappa shape index (κ3) is 2.79. The summed E-state index contributed by atoms with van der Waals surface area (Å²) in [6.07, 6.45) is 0. The minimum atomic E-state index is -0.308. The van der Waals surface area contributed by atoms with Gasteiger partial charge in [0.25, 0.3) is 0 Å². The van der Waals surface area contributed by atoms with E-state index in [9.17, 15) is 4.39 Å². The molecule has 0 heterocycles. The van der Waals surface area contributed by atoms with Gasteiger partial charge in [0.2, 0.25) is 0 Å². The van der Waals surface area contributed by atoms with Crippen LogP contribution in [0.3, 0.4) is 0 Å². The van der Waals surface area contributed by atoms with Crippen molar-refractivity contribution in [3.63, 3.8) is 0 Å². The molecule has 2 rings (SSSR count). The van der Waals surface area contributed by atoms with Gasteiger partial charge in [-0.2, -0.15) is 0 Å². The van der Waals surface area contributed by atoms with E-state index in [2.05, 4.69) is 15.9 Å². The van der Waals surface area contributed by atoms with Gasteiger partial charge in [-0.15, -0.1) is 0 Å². The van der Waals surface area contributed by atoms with Gasteiger partial charge in [-0.05, 0) is 60.4 Å². The molecule has 1 unspecified atom stereocenters. The van der Waals surface area contributed by atoms with Crippen LogP contribution in [0.15, 0.2) is 40.9 Å². The van der Waals surface area contributed by atoms with E-state index in [1.54, 1.807) is 6.07 Å². The molecule has 2 N–H and O–H groups in total. The molecule has 0 aliphatic carbocycles. The van der Waals surface area contributed by atoms with Crippen molar-refractivity contribution < 1.29 is 4.39 Å². The SMILES string of the molecule is Cc1cc(Br)cc(C(N)c2cc(F)ccc2C)c1. The number of nitrogens with two attached hydrogens (primary N) is 1. The lowest BCUT2D eigenvalue weighted by molar-refractivity contribution is 0.622. The first kappa shape index (κ1) is 13.2. The molecule has 0 saturated carbocycles. The Balaban J connectivity index is 2.47. The van der Waals surface area contributed by atoms with Gasteiger partial charge in [0.05, 0.1) is 6.04 Å². The topological polar surface area (TPSA) is 26.0 Å². The van der Waals surface area contributed by atoms with E-state index in [1.807, 2.05) is 32.0 Å². The van der Waals surface area contributed by atoms with Gasteiger partial charge >= 0.3 is 0 Å². The first-order valence-electron chi connectivity index (χ1n) is 5.76. The van der Waals surface area contributed by atoms with Crippen LogP contribution in [-0.4, -0.2) is 0 Å². The Kier molecular flexibility index (Phi) is 3.83. The van der Waals surface area contributed by atoms with Gasteiger partial charge in [-0.1, -0.05) is 28.1 Å². The van der Waals surface area contributed by atoms with E-state index in [0.717, 1.165) is 26.7 Å². The second-order valence-corrected chi connectivity index (χ2v) is 5.46. The van der Waals surface area contributed by atoms with Crippen LogP contribution in [0, 0.1) is 19.7 Å². The first-order chi connectivity index (χ1) is 8.47. The summed E-state index contributed by atoms with van der Waals surface area (Å²) in [6, 6.07) is 10.4. The van der Waals surface area contributed by atoms with Crippen molar-refractivity contribution in [3.8, 4) is 0 Å². The van der Waals surface area contributed by atoms with Crippen LogP contribution in [0.4, 0.5) is 4.39 Å². The molecule has 0 aliphatic heterocycles. The standard InChI is InChI=1S/C15H15BrFN/c1-9-5-11(7-12(16)6-9)15(18)14-8-13(17)4-3-10(14)2/h3-8,15H,18H2,1-2H3. The molecular weight excluding hydrogens is 293 g/mol. The maximum atomic E-state index is 13.3. The monoisotopic (exact) mass is 307 g/mol. The number of hydrogen-bond acceptors (Lipinski definition) is 1. The van der Waals surface area contributed by atoms with Crippen LogP contribution in [0.1, 0.15) is 28.3 Å². The summed E-state index contributed by atoms with van der Waals surface area (Å²) >= 11 is 3.46. The average molecular weight is 308 g/mol. The molecule has 0 aliphatic rings. The fraction of sp³-hybridized carbons (Fsp3) is 0.200. The Morgan fingerprint density at radius 1 is 1.11 bits per heavy atom. The van der Waals surface area contributed by atoms with E-state index >= 15 is 0 Å². The third-order valence-corrected chi connectivity index (χ3v) is 3.46. The minimum Gasteiger partial charge on any atom is -0.320 e. The maximum absolute atomic E-state index is 13.3. The molecule has 94 valence electrons. The van der Waals surface area contributed by atoms with E-state index in [-0.39, 0.29) is 11.9 Å². The smallest absolute Gasteiger partial charge is 0.123 e. The first-order valence-corrected chi connectivity index (χ1v) is 6.55. The molecule has 2 aromatic carbocycles. The average Bonchev–Trinajstić information content (AvgIpc) is 2.30. The normalized spacial score (nSPS) is 12.5. The summed E-state index contributed by atoms with van der Waals surface area (Å²) in [4.78, 5) is 0. The zero-order chi connectivity index (χ0) is 13.3. The van der Waals surface area contributed by atoms with Gasteiger partial charge in [0.1, 0.15) is 5.82 Å². The van der Waals surface area contributed by atoms with Crippen molar-refractivity contribution in [1.29, 1.82) is 0 Å². The van der Waals surface area contributed by atoms with Crippen molar-refractivity contribution in [2.45, 2.75) is 19.9 Å². The van der Waals surface area contributed by atoms with Crippen LogP contribution in [0.5, 0.6) is 0 Å². The van der Waals surface area contributed by atoms with Gasteiger partial charge < -0.3 is 5.73 Å². The second-order valence-electron chi connectivity index (χ2n) is 4.54. The third-order valence-electron chi connectivity index (χ3n) is 3.00. The predicted molar refractivity (Wildman–Crippen MR) is 76.0 cm³/mol. The van der Waals surface area contributed by atoms with Crippen LogP contribution in [0.25, 0.3) is 0 Å². The van der Waals surface area contributed by atoms with E-state index in [0.29, 0.717) is 0 Å². The van der Waals surface area contributed by atoms with Crippen LogP contribution >= 0.6 is 15.9 Å². The van der Waals surface area contributed by atoms with Crippen LogP contribution in [0.2, 0.25) is 0 Å². The minimum absolute atomic E-state index is 0.252. The zero-order valence-corrected chi connectivity index (χ0v) is 12.0. The van der Waals surface area contributed by atoms with Gasteiger partial charge in [0, 0.05) is 4.47 Å². The number of halogens is 2. The Hall–Kier alpha value is -1.19. The largest absolute Gasteiger partial charge is 0.320 e. The highest BCUT2D eigenvalue weighted by atomic mass is 79.9. The fourth-order valence-corrected chi connectivity index (χ4v) is 2.70.